The van der Waals surface area contributed by atoms with Crippen molar-refractivity contribution in [2.75, 3.05) is 19.5 Å². The lowest BCUT2D eigenvalue weighted by atomic mass is 10.1. The van der Waals surface area contributed by atoms with Crippen LogP contribution in [-0.4, -0.2) is 25.1 Å². The molecule has 27 heavy (non-hydrogen) atoms. The molecule has 1 N–H and O–H groups in total. The van der Waals surface area contributed by atoms with E-state index < -0.39 is 0 Å². The Kier molecular flexibility index (Phi) is 6.05. The summed E-state index contributed by atoms with van der Waals surface area (Å²) in [6.07, 6.45) is 4.68. The molecule has 1 heterocycles. The van der Waals surface area contributed by atoms with Gasteiger partial charge in [-0.15, -0.1) is 0 Å². The van der Waals surface area contributed by atoms with Gasteiger partial charge in [-0.3, -0.25) is 9.78 Å². The van der Waals surface area contributed by atoms with E-state index in [1.165, 1.54) is 11.1 Å². The molecule has 2 aromatic carbocycles. The zero-order chi connectivity index (χ0) is 19.1. The summed E-state index contributed by atoms with van der Waals surface area (Å²) >= 11 is 0. The van der Waals surface area contributed by atoms with Gasteiger partial charge in [0.25, 0.3) is 0 Å². The van der Waals surface area contributed by atoms with Crippen LogP contribution in [0.25, 0.3) is 0 Å². The van der Waals surface area contributed by atoms with E-state index in [1.807, 2.05) is 48.5 Å². The topological polar surface area (TPSA) is 60.5 Å². The number of benzene rings is 2. The highest BCUT2D eigenvalue weighted by Crippen LogP contribution is 2.27. The fraction of sp³-hybridized carbons (Fsp3) is 0.182. The molecule has 0 unspecified atom stereocenters. The van der Waals surface area contributed by atoms with Crippen LogP contribution in [0.15, 0.2) is 67.0 Å². The van der Waals surface area contributed by atoms with Gasteiger partial charge in [0.2, 0.25) is 5.91 Å². The highest BCUT2D eigenvalue weighted by atomic mass is 16.5. The van der Waals surface area contributed by atoms with Crippen molar-refractivity contribution < 1.29 is 14.3 Å². The van der Waals surface area contributed by atoms with Gasteiger partial charge in [-0.05, 0) is 59.5 Å². The molecule has 0 radical (unpaired) electrons. The molecule has 3 aromatic rings. The quantitative estimate of drug-likeness (QED) is 0.693. The van der Waals surface area contributed by atoms with E-state index in [0.717, 1.165) is 17.7 Å². The second-order valence-electron chi connectivity index (χ2n) is 6.14. The molecule has 1 amide bonds. The Balaban J connectivity index is 1.59. The molecule has 0 bridgehead atoms. The average molecular weight is 362 g/mol. The number of amides is 1. The number of aromatic nitrogens is 1. The fourth-order valence-corrected chi connectivity index (χ4v) is 2.82. The lowest BCUT2D eigenvalue weighted by Crippen LogP contribution is -2.14. The van der Waals surface area contributed by atoms with Crippen molar-refractivity contribution in [2.24, 2.45) is 0 Å². The van der Waals surface area contributed by atoms with Crippen molar-refractivity contribution in [1.82, 2.24) is 4.98 Å². The smallest absolute Gasteiger partial charge is 0.228 e. The lowest BCUT2D eigenvalue weighted by molar-refractivity contribution is -0.115. The maximum Gasteiger partial charge on any atom is 0.228 e. The molecular weight excluding hydrogens is 340 g/mol. The van der Waals surface area contributed by atoms with Crippen LogP contribution < -0.4 is 14.8 Å². The van der Waals surface area contributed by atoms with Crippen molar-refractivity contribution in [3.63, 3.8) is 0 Å². The monoisotopic (exact) mass is 362 g/mol. The summed E-state index contributed by atoms with van der Waals surface area (Å²) in [6, 6.07) is 17.4. The molecular formula is C22H22N2O3. The van der Waals surface area contributed by atoms with Crippen LogP contribution in [0.1, 0.15) is 16.7 Å². The van der Waals surface area contributed by atoms with Gasteiger partial charge in [0.1, 0.15) is 0 Å². The van der Waals surface area contributed by atoms with E-state index in [9.17, 15) is 4.79 Å². The SMILES string of the molecule is COc1ccc(CC(=O)Nc2ccc(Cc3ccncc3)cc2)cc1OC. The molecule has 0 aliphatic carbocycles. The molecule has 0 aliphatic heterocycles. The summed E-state index contributed by atoms with van der Waals surface area (Å²) in [7, 11) is 3.16. The number of nitrogens with zero attached hydrogens (tertiary/aromatic N) is 1. The third-order valence-corrected chi connectivity index (χ3v) is 4.21. The first-order valence-electron chi connectivity index (χ1n) is 8.66. The van der Waals surface area contributed by atoms with Crippen molar-refractivity contribution in [2.45, 2.75) is 12.8 Å². The number of hydrogen-bond donors (Lipinski definition) is 1. The Hall–Kier alpha value is -3.34. The highest BCUT2D eigenvalue weighted by Gasteiger charge is 2.09. The van der Waals surface area contributed by atoms with E-state index in [1.54, 1.807) is 32.7 Å². The molecule has 0 atom stereocenters. The third-order valence-electron chi connectivity index (χ3n) is 4.21. The van der Waals surface area contributed by atoms with Gasteiger partial charge >= 0.3 is 0 Å². The Bertz CT molecular complexity index is 893. The van der Waals surface area contributed by atoms with Crippen molar-refractivity contribution >= 4 is 11.6 Å². The van der Waals surface area contributed by atoms with Gasteiger partial charge < -0.3 is 14.8 Å². The minimum absolute atomic E-state index is 0.0795. The van der Waals surface area contributed by atoms with Crippen LogP contribution in [0.2, 0.25) is 0 Å². The zero-order valence-electron chi connectivity index (χ0n) is 15.4. The number of methoxy groups -OCH3 is 2. The minimum atomic E-state index is -0.0795. The summed E-state index contributed by atoms with van der Waals surface area (Å²) in [6.45, 7) is 0. The maximum atomic E-state index is 12.3. The summed E-state index contributed by atoms with van der Waals surface area (Å²) < 4.78 is 10.5. The fourth-order valence-electron chi connectivity index (χ4n) is 2.82. The van der Waals surface area contributed by atoms with Crippen LogP contribution in [0.4, 0.5) is 5.69 Å². The third kappa shape index (κ3) is 5.07. The molecule has 0 fully saturated rings. The first kappa shape index (κ1) is 18.5. The van der Waals surface area contributed by atoms with Gasteiger partial charge in [0, 0.05) is 18.1 Å². The number of anilines is 1. The first-order valence-corrected chi connectivity index (χ1v) is 8.66. The van der Waals surface area contributed by atoms with Crippen LogP contribution in [0, 0.1) is 0 Å². The molecule has 0 saturated heterocycles. The number of hydrogen-bond acceptors (Lipinski definition) is 4. The molecule has 5 heteroatoms. The molecule has 5 nitrogen and oxygen atoms in total. The number of nitrogens with one attached hydrogen (secondary N) is 1. The largest absolute Gasteiger partial charge is 0.493 e. The summed E-state index contributed by atoms with van der Waals surface area (Å²) in [5, 5.41) is 2.93. The molecule has 138 valence electrons. The van der Waals surface area contributed by atoms with E-state index in [2.05, 4.69) is 10.3 Å². The number of carbonyl (C=O) groups is 1. The zero-order valence-corrected chi connectivity index (χ0v) is 15.4. The van der Waals surface area contributed by atoms with E-state index >= 15 is 0 Å². The molecule has 1 aromatic heterocycles. The minimum Gasteiger partial charge on any atom is -0.493 e. The normalized spacial score (nSPS) is 10.3. The number of carbonyl (C=O) groups excluding carboxylic acids is 1. The first-order chi connectivity index (χ1) is 13.2. The second kappa shape index (κ2) is 8.85. The highest BCUT2D eigenvalue weighted by molar-refractivity contribution is 5.92. The lowest BCUT2D eigenvalue weighted by Gasteiger charge is -2.10. The molecule has 0 aliphatic rings. The van der Waals surface area contributed by atoms with Gasteiger partial charge in [-0.2, -0.15) is 0 Å². The summed E-state index contributed by atoms with van der Waals surface area (Å²) in [4.78, 5) is 16.3. The second-order valence-corrected chi connectivity index (χ2v) is 6.14. The van der Waals surface area contributed by atoms with Crippen LogP contribution >= 0.6 is 0 Å². The van der Waals surface area contributed by atoms with E-state index in [-0.39, 0.29) is 12.3 Å². The standard InChI is InChI=1S/C22H22N2O3/c1-26-20-8-5-18(14-21(20)27-2)15-22(25)24-19-6-3-16(4-7-19)13-17-9-11-23-12-10-17/h3-12,14H,13,15H2,1-2H3,(H,24,25). The van der Waals surface area contributed by atoms with Gasteiger partial charge in [0.05, 0.1) is 20.6 Å². The maximum absolute atomic E-state index is 12.3. The van der Waals surface area contributed by atoms with Crippen LogP contribution in [-0.2, 0) is 17.6 Å². The number of pyridine rings is 1. The van der Waals surface area contributed by atoms with Crippen molar-refractivity contribution in [3.05, 3.63) is 83.7 Å². The Labute approximate surface area is 159 Å². The van der Waals surface area contributed by atoms with E-state index in [4.69, 9.17) is 9.47 Å². The predicted molar refractivity (Wildman–Crippen MR) is 105 cm³/mol. The van der Waals surface area contributed by atoms with Gasteiger partial charge in [-0.25, -0.2) is 0 Å². The predicted octanol–water partition coefficient (Wildman–Crippen LogP) is 3.87. The number of ether oxygens (including phenoxy) is 2. The van der Waals surface area contributed by atoms with E-state index in [0.29, 0.717) is 11.5 Å². The molecule has 0 spiro atoms. The Morgan fingerprint density at radius 3 is 2.15 bits per heavy atom. The van der Waals surface area contributed by atoms with Crippen LogP contribution in [0.5, 0.6) is 11.5 Å². The van der Waals surface area contributed by atoms with Gasteiger partial charge in [-0.1, -0.05) is 18.2 Å². The van der Waals surface area contributed by atoms with Crippen molar-refractivity contribution in [1.29, 1.82) is 0 Å². The van der Waals surface area contributed by atoms with Crippen LogP contribution in [0.3, 0.4) is 0 Å². The number of rotatable bonds is 7. The Morgan fingerprint density at radius 2 is 1.48 bits per heavy atom. The van der Waals surface area contributed by atoms with Gasteiger partial charge in [0.15, 0.2) is 11.5 Å². The molecule has 3 rings (SSSR count). The summed E-state index contributed by atoms with van der Waals surface area (Å²) in [5.41, 5.74) is 4.02. The molecule has 0 saturated carbocycles. The van der Waals surface area contributed by atoms with Crippen molar-refractivity contribution in [3.8, 4) is 11.5 Å². The summed E-state index contributed by atoms with van der Waals surface area (Å²) in [5.74, 6) is 1.18. The Morgan fingerprint density at radius 1 is 0.852 bits per heavy atom. The average Bonchev–Trinajstić information content (AvgIpc) is 2.70.